The Morgan fingerprint density at radius 1 is 1.15 bits per heavy atom. The van der Waals surface area contributed by atoms with E-state index in [9.17, 15) is 18.0 Å². The van der Waals surface area contributed by atoms with Crippen LogP contribution in [0, 0.1) is 0 Å². The number of esters is 1. The Morgan fingerprint density at radius 2 is 1.78 bits per heavy atom. The summed E-state index contributed by atoms with van der Waals surface area (Å²) in [5.41, 5.74) is 0.214. The van der Waals surface area contributed by atoms with Gasteiger partial charge in [-0.1, -0.05) is 0 Å². The van der Waals surface area contributed by atoms with Crippen molar-refractivity contribution in [1.29, 1.82) is 0 Å². The van der Waals surface area contributed by atoms with Crippen LogP contribution in [0.15, 0.2) is 21.7 Å². The highest BCUT2D eigenvalue weighted by Gasteiger charge is 2.24. The third kappa shape index (κ3) is 5.27. The lowest BCUT2D eigenvalue weighted by Crippen LogP contribution is -2.35. The summed E-state index contributed by atoms with van der Waals surface area (Å²) >= 11 is 0.860. The molecular weight excluding hydrogens is 400 g/mol. The zero-order valence-corrected chi connectivity index (χ0v) is 16.1. The molecule has 0 aromatic carbocycles. The smallest absolute Gasteiger partial charge is 0.335 e. The summed E-state index contributed by atoms with van der Waals surface area (Å²) in [5.74, 6) is -0.608. The second kappa shape index (κ2) is 8.64. The van der Waals surface area contributed by atoms with Crippen LogP contribution in [0.3, 0.4) is 0 Å². The minimum atomic E-state index is -4.22. The fourth-order valence-electron chi connectivity index (χ4n) is 1.88. The number of hydrogen-bond donors (Lipinski definition) is 2. The van der Waals surface area contributed by atoms with E-state index in [1.165, 1.54) is 38.8 Å². The van der Waals surface area contributed by atoms with Gasteiger partial charge in [0.2, 0.25) is 17.7 Å². The predicted octanol–water partition coefficient (Wildman–Crippen LogP) is 0.781. The lowest BCUT2D eigenvalue weighted by Gasteiger charge is -2.09. The summed E-state index contributed by atoms with van der Waals surface area (Å²) in [5, 5.41) is 3.67. The van der Waals surface area contributed by atoms with Gasteiger partial charge in [-0.15, -0.1) is 11.3 Å². The molecule has 0 bridgehead atoms. The van der Waals surface area contributed by atoms with Crippen LogP contribution in [0.5, 0.6) is 11.8 Å². The zero-order valence-electron chi connectivity index (χ0n) is 14.5. The van der Waals surface area contributed by atoms with Gasteiger partial charge in [-0.2, -0.15) is 9.97 Å². The predicted molar refractivity (Wildman–Crippen MR) is 94.5 cm³/mol. The van der Waals surface area contributed by atoms with Crippen LogP contribution in [0.4, 0.5) is 10.7 Å². The first-order valence-corrected chi connectivity index (χ1v) is 9.59. The molecule has 11 nitrogen and oxygen atoms in total. The van der Waals surface area contributed by atoms with Crippen molar-refractivity contribution in [2.75, 3.05) is 26.6 Å². The van der Waals surface area contributed by atoms with Crippen molar-refractivity contribution in [3.05, 3.63) is 23.1 Å². The summed E-state index contributed by atoms with van der Waals surface area (Å²) in [7, 11) is -0.316. The van der Waals surface area contributed by atoms with Crippen LogP contribution in [-0.2, 0) is 26.0 Å². The summed E-state index contributed by atoms with van der Waals surface area (Å²) in [4.78, 5) is 31.2. The topological polar surface area (TPSA) is 146 Å². The van der Waals surface area contributed by atoms with Crippen molar-refractivity contribution in [2.45, 2.75) is 10.6 Å². The number of ether oxygens (including phenoxy) is 3. The van der Waals surface area contributed by atoms with Gasteiger partial charge in [-0.25, -0.2) is 17.9 Å². The first-order valence-electron chi connectivity index (χ1n) is 7.23. The maximum Gasteiger partial charge on any atom is 0.335 e. The minimum absolute atomic E-state index is 0.110. The van der Waals surface area contributed by atoms with E-state index < -0.39 is 22.0 Å². The summed E-state index contributed by atoms with van der Waals surface area (Å²) in [6.07, 6.45) is -0.242. The molecule has 2 amide bonds. The molecule has 0 saturated heterocycles. The fraction of sp³-hybridized carbons (Fsp3) is 0.286. The van der Waals surface area contributed by atoms with E-state index >= 15 is 0 Å². The van der Waals surface area contributed by atoms with Gasteiger partial charge in [-0.3, -0.25) is 10.1 Å². The quantitative estimate of drug-likeness (QED) is 0.625. The molecule has 0 fully saturated rings. The zero-order chi connectivity index (χ0) is 20.0. The highest BCUT2D eigenvalue weighted by molar-refractivity contribution is 7.92. The van der Waals surface area contributed by atoms with Crippen LogP contribution in [-0.4, -0.2) is 51.7 Å². The highest BCUT2D eigenvalue weighted by Crippen LogP contribution is 2.23. The molecule has 0 spiro atoms. The molecule has 27 heavy (non-hydrogen) atoms. The number of urea groups is 1. The lowest BCUT2D eigenvalue weighted by molar-refractivity contribution is -0.139. The van der Waals surface area contributed by atoms with Crippen LogP contribution >= 0.6 is 11.3 Å². The standard InChI is InChI=1S/C14H16N4O7S2/c1-23-9-7-10(24-2)16-13(15-9)17-14(20)18-27(21,22)12-8(4-5-26-12)6-11(19)25-3/h4-5,7H,6H2,1-3H3,(H2,15,16,17,18,20). The highest BCUT2D eigenvalue weighted by atomic mass is 32.2. The second-order valence-corrected chi connectivity index (χ2v) is 7.62. The molecule has 2 N–H and O–H groups in total. The number of nitrogens with zero attached hydrogens (tertiary/aromatic N) is 2. The largest absolute Gasteiger partial charge is 0.481 e. The molecular formula is C14H16N4O7S2. The van der Waals surface area contributed by atoms with Gasteiger partial charge < -0.3 is 14.2 Å². The van der Waals surface area contributed by atoms with Crippen LogP contribution in [0.1, 0.15) is 5.56 Å². The number of amides is 2. The second-order valence-electron chi connectivity index (χ2n) is 4.82. The number of thiophene rings is 1. The van der Waals surface area contributed by atoms with Gasteiger partial charge in [0.1, 0.15) is 4.21 Å². The molecule has 2 heterocycles. The number of anilines is 1. The molecule has 2 aromatic rings. The van der Waals surface area contributed by atoms with Crippen LogP contribution in [0.2, 0.25) is 0 Å². The number of hydrogen-bond acceptors (Lipinski definition) is 10. The number of aromatic nitrogens is 2. The van der Waals surface area contributed by atoms with Gasteiger partial charge in [0, 0.05) is 0 Å². The van der Waals surface area contributed by atoms with E-state index in [0.717, 1.165) is 11.3 Å². The molecule has 0 aliphatic carbocycles. The van der Waals surface area contributed by atoms with Crippen molar-refractivity contribution in [2.24, 2.45) is 0 Å². The molecule has 146 valence electrons. The van der Waals surface area contributed by atoms with E-state index in [-0.39, 0.29) is 33.9 Å². The van der Waals surface area contributed by atoms with E-state index in [0.29, 0.717) is 0 Å². The van der Waals surface area contributed by atoms with Crippen molar-refractivity contribution < 1.29 is 32.2 Å². The summed E-state index contributed by atoms with van der Waals surface area (Å²) < 4.78 is 40.9. The molecule has 0 atom stereocenters. The van der Waals surface area contributed by atoms with Gasteiger partial charge in [0.05, 0.1) is 33.8 Å². The third-order valence-electron chi connectivity index (χ3n) is 3.06. The number of methoxy groups -OCH3 is 3. The summed E-state index contributed by atoms with van der Waals surface area (Å²) in [6, 6.07) is 1.75. The van der Waals surface area contributed by atoms with Gasteiger partial charge in [0.15, 0.2) is 0 Å². The van der Waals surface area contributed by atoms with Gasteiger partial charge in [0.25, 0.3) is 10.0 Å². The Labute approximate surface area is 158 Å². The number of nitrogens with one attached hydrogen (secondary N) is 2. The van der Waals surface area contributed by atoms with Crippen molar-refractivity contribution >= 4 is 39.3 Å². The number of rotatable bonds is 7. The Kier molecular flexibility index (Phi) is 6.52. The van der Waals surface area contributed by atoms with Crippen molar-refractivity contribution in [1.82, 2.24) is 14.7 Å². The normalized spacial score (nSPS) is 10.8. The van der Waals surface area contributed by atoms with Crippen LogP contribution in [0.25, 0.3) is 0 Å². The molecule has 0 radical (unpaired) electrons. The van der Waals surface area contributed by atoms with Crippen molar-refractivity contribution in [3.63, 3.8) is 0 Å². The van der Waals surface area contributed by atoms with Crippen LogP contribution < -0.4 is 19.5 Å². The molecule has 0 aliphatic heterocycles. The third-order valence-corrected chi connectivity index (χ3v) is 5.96. The Bertz CT molecular complexity index is 920. The van der Waals surface area contributed by atoms with E-state index in [2.05, 4.69) is 20.0 Å². The number of sulfonamides is 1. The first kappa shape index (κ1) is 20.4. The lowest BCUT2D eigenvalue weighted by atomic mass is 10.2. The first-order chi connectivity index (χ1) is 12.8. The molecule has 0 unspecified atom stereocenters. The maximum absolute atomic E-state index is 12.4. The Morgan fingerprint density at radius 3 is 2.33 bits per heavy atom. The SMILES string of the molecule is COC(=O)Cc1ccsc1S(=O)(=O)NC(=O)Nc1nc(OC)cc(OC)n1. The Hall–Kier alpha value is -2.93. The molecule has 0 saturated carbocycles. The monoisotopic (exact) mass is 416 g/mol. The van der Waals surface area contributed by atoms with Gasteiger partial charge in [-0.05, 0) is 17.0 Å². The molecule has 13 heteroatoms. The molecule has 2 aromatic heterocycles. The van der Waals surface area contributed by atoms with Crippen molar-refractivity contribution in [3.8, 4) is 11.8 Å². The number of carbonyl (C=O) groups excluding carboxylic acids is 2. The Balaban J connectivity index is 2.16. The van der Waals surface area contributed by atoms with E-state index in [1.54, 1.807) is 0 Å². The maximum atomic E-state index is 12.4. The molecule has 0 aliphatic rings. The fourth-order valence-corrected chi connectivity index (χ4v) is 4.20. The summed E-state index contributed by atoms with van der Waals surface area (Å²) in [6.45, 7) is 0. The van der Waals surface area contributed by atoms with Gasteiger partial charge >= 0.3 is 12.0 Å². The van der Waals surface area contributed by atoms with E-state index in [4.69, 9.17) is 9.47 Å². The average molecular weight is 416 g/mol. The number of carbonyl (C=O) groups is 2. The average Bonchev–Trinajstić information content (AvgIpc) is 3.09. The van der Waals surface area contributed by atoms with E-state index in [1.807, 2.05) is 4.72 Å². The molecule has 2 rings (SSSR count). The minimum Gasteiger partial charge on any atom is -0.481 e.